The van der Waals surface area contributed by atoms with Crippen LogP contribution in [0, 0.1) is 0 Å². The molecule has 0 aliphatic carbocycles. The second-order valence-corrected chi connectivity index (χ2v) is 3.67. The molecular formula is C13H15N3O. The summed E-state index contributed by atoms with van der Waals surface area (Å²) in [5, 5.41) is 3.25. The summed E-state index contributed by atoms with van der Waals surface area (Å²) in [6.45, 7) is 0. The van der Waals surface area contributed by atoms with Gasteiger partial charge in [-0.2, -0.15) is 0 Å². The molecule has 4 nitrogen and oxygen atoms in total. The summed E-state index contributed by atoms with van der Waals surface area (Å²) < 4.78 is 5.14. The van der Waals surface area contributed by atoms with Gasteiger partial charge < -0.3 is 10.1 Å². The van der Waals surface area contributed by atoms with E-state index in [1.165, 1.54) is 6.33 Å². The fraction of sp³-hybridized carbons (Fsp3) is 0.231. The quantitative estimate of drug-likeness (QED) is 0.868. The van der Waals surface area contributed by atoms with Crippen molar-refractivity contribution in [3.63, 3.8) is 0 Å². The van der Waals surface area contributed by atoms with Gasteiger partial charge in [-0.05, 0) is 24.7 Å². The average molecular weight is 229 g/mol. The van der Waals surface area contributed by atoms with Crippen molar-refractivity contribution in [1.82, 2.24) is 15.3 Å². The second kappa shape index (κ2) is 5.41. The predicted octanol–water partition coefficient (Wildman–Crippen LogP) is 1.79. The third-order valence-electron chi connectivity index (χ3n) is 2.65. The van der Waals surface area contributed by atoms with Crippen molar-refractivity contribution in [2.45, 2.75) is 6.04 Å². The number of benzene rings is 1. The minimum absolute atomic E-state index is 0.0992. The maximum absolute atomic E-state index is 5.14. The van der Waals surface area contributed by atoms with E-state index in [2.05, 4.69) is 15.3 Å². The first-order valence-electron chi connectivity index (χ1n) is 5.41. The maximum Gasteiger partial charge on any atom is 0.118 e. The lowest BCUT2D eigenvalue weighted by molar-refractivity contribution is 0.414. The standard InChI is InChI=1S/C13H15N3O/c1-14-13(11-7-15-9-16-8-11)10-3-5-12(17-2)6-4-10/h3-9,13-14H,1-2H3. The Morgan fingerprint density at radius 3 is 2.24 bits per heavy atom. The third kappa shape index (κ3) is 2.60. The van der Waals surface area contributed by atoms with Gasteiger partial charge in [0.05, 0.1) is 13.2 Å². The molecule has 0 spiro atoms. The summed E-state index contributed by atoms with van der Waals surface area (Å²) in [6, 6.07) is 8.06. The monoisotopic (exact) mass is 229 g/mol. The smallest absolute Gasteiger partial charge is 0.118 e. The summed E-state index contributed by atoms with van der Waals surface area (Å²) in [6.07, 6.45) is 5.17. The molecule has 1 heterocycles. The predicted molar refractivity (Wildman–Crippen MR) is 65.9 cm³/mol. The molecule has 1 atom stereocenters. The molecule has 1 N–H and O–H groups in total. The van der Waals surface area contributed by atoms with E-state index >= 15 is 0 Å². The summed E-state index contributed by atoms with van der Waals surface area (Å²) in [4.78, 5) is 8.07. The lowest BCUT2D eigenvalue weighted by Gasteiger charge is -2.16. The number of nitrogens with zero attached hydrogens (tertiary/aromatic N) is 2. The molecule has 1 unspecified atom stereocenters. The Balaban J connectivity index is 2.29. The molecule has 88 valence electrons. The molecule has 0 bridgehead atoms. The van der Waals surface area contributed by atoms with Crippen molar-refractivity contribution in [1.29, 1.82) is 0 Å². The minimum Gasteiger partial charge on any atom is -0.497 e. The number of rotatable bonds is 4. The van der Waals surface area contributed by atoms with Gasteiger partial charge in [-0.25, -0.2) is 9.97 Å². The van der Waals surface area contributed by atoms with Crippen LogP contribution in [0.2, 0.25) is 0 Å². The molecular weight excluding hydrogens is 214 g/mol. The molecule has 1 aromatic heterocycles. The molecule has 2 rings (SSSR count). The lowest BCUT2D eigenvalue weighted by atomic mass is 10.0. The molecule has 1 aromatic carbocycles. The van der Waals surface area contributed by atoms with E-state index in [0.717, 1.165) is 16.9 Å². The first kappa shape index (κ1) is 11.5. The van der Waals surface area contributed by atoms with Crippen molar-refractivity contribution >= 4 is 0 Å². The van der Waals surface area contributed by atoms with Gasteiger partial charge in [0.1, 0.15) is 12.1 Å². The summed E-state index contributed by atoms with van der Waals surface area (Å²) in [7, 11) is 3.58. The highest BCUT2D eigenvalue weighted by atomic mass is 16.5. The number of nitrogens with one attached hydrogen (secondary N) is 1. The number of aromatic nitrogens is 2. The molecule has 0 fully saturated rings. The highest BCUT2D eigenvalue weighted by Crippen LogP contribution is 2.22. The highest BCUT2D eigenvalue weighted by molar-refractivity contribution is 5.33. The van der Waals surface area contributed by atoms with Gasteiger partial charge in [-0.15, -0.1) is 0 Å². The van der Waals surface area contributed by atoms with E-state index in [9.17, 15) is 0 Å². The number of hydrogen-bond donors (Lipinski definition) is 1. The van der Waals surface area contributed by atoms with Gasteiger partial charge in [-0.3, -0.25) is 0 Å². The van der Waals surface area contributed by atoms with Crippen LogP contribution in [0.15, 0.2) is 43.0 Å². The van der Waals surface area contributed by atoms with Crippen LogP contribution in [-0.4, -0.2) is 24.1 Å². The highest BCUT2D eigenvalue weighted by Gasteiger charge is 2.11. The zero-order valence-corrected chi connectivity index (χ0v) is 9.92. The van der Waals surface area contributed by atoms with Crippen molar-refractivity contribution < 1.29 is 4.74 Å². The Morgan fingerprint density at radius 1 is 1.06 bits per heavy atom. The van der Waals surface area contributed by atoms with Crippen molar-refractivity contribution in [2.75, 3.05) is 14.2 Å². The van der Waals surface area contributed by atoms with Crippen molar-refractivity contribution in [2.24, 2.45) is 0 Å². The van der Waals surface area contributed by atoms with Crippen LogP contribution in [0.1, 0.15) is 17.2 Å². The lowest BCUT2D eigenvalue weighted by Crippen LogP contribution is -2.17. The molecule has 4 heteroatoms. The van der Waals surface area contributed by atoms with Crippen LogP contribution < -0.4 is 10.1 Å². The van der Waals surface area contributed by atoms with Crippen molar-refractivity contribution in [3.8, 4) is 5.75 Å². The topological polar surface area (TPSA) is 47.0 Å². The second-order valence-electron chi connectivity index (χ2n) is 3.67. The first-order valence-corrected chi connectivity index (χ1v) is 5.41. The van der Waals surface area contributed by atoms with Crippen LogP contribution in [-0.2, 0) is 0 Å². The van der Waals surface area contributed by atoms with Gasteiger partial charge in [0, 0.05) is 18.0 Å². The third-order valence-corrected chi connectivity index (χ3v) is 2.65. The van der Waals surface area contributed by atoms with Gasteiger partial charge >= 0.3 is 0 Å². The first-order chi connectivity index (χ1) is 8.35. The molecule has 2 aromatic rings. The Labute approximate surface area is 101 Å². The molecule has 0 radical (unpaired) electrons. The van der Waals surface area contributed by atoms with Crippen molar-refractivity contribution in [3.05, 3.63) is 54.1 Å². The maximum atomic E-state index is 5.14. The SMILES string of the molecule is CNC(c1ccc(OC)cc1)c1cncnc1. The average Bonchev–Trinajstić information content (AvgIpc) is 2.42. The van der Waals surface area contributed by atoms with E-state index in [0.29, 0.717) is 0 Å². The Hall–Kier alpha value is -1.94. The molecule has 0 aliphatic rings. The largest absolute Gasteiger partial charge is 0.497 e. The van der Waals surface area contributed by atoms with Crippen LogP contribution >= 0.6 is 0 Å². The van der Waals surface area contributed by atoms with Crippen LogP contribution in [0.4, 0.5) is 0 Å². The Morgan fingerprint density at radius 2 is 1.71 bits per heavy atom. The number of hydrogen-bond acceptors (Lipinski definition) is 4. The summed E-state index contributed by atoms with van der Waals surface area (Å²) in [5.74, 6) is 0.855. The van der Waals surface area contributed by atoms with E-state index in [-0.39, 0.29) is 6.04 Å². The Bertz CT molecular complexity index is 456. The summed E-state index contributed by atoms with van der Waals surface area (Å²) in [5.41, 5.74) is 2.20. The molecule has 0 amide bonds. The van der Waals surface area contributed by atoms with Crippen LogP contribution in [0.3, 0.4) is 0 Å². The van der Waals surface area contributed by atoms with Gasteiger partial charge in [0.15, 0.2) is 0 Å². The fourth-order valence-electron chi connectivity index (χ4n) is 1.78. The Kier molecular flexibility index (Phi) is 3.67. The van der Waals surface area contributed by atoms with E-state index < -0.39 is 0 Å². The minimum atomic E-state index is 0.0992. The van der Waals surface area contributed by atoms with Gasteiger partial charge in [0.25, 0.3) is 0 Å². The van der Waals surface area contributed by atoms with E-state index in [1.54, 1.807) is 7.11 Å². The van der Waals surface area contributed by atoms with Gasteiger partial charge in [0.2, 0.25) is 0 Å². The normalized spacial score (nSPS) is 12.1. The van der Waals surface area contributed by atoms with Crippen LogP contribution in [0.25, 0.3) is 0 Å². The summed E-state index contributed by atoms with van der Waals surface area (Å²) >= 11 is 0. The molecule has 0 saturated carbocycles. The zero-order valence-electron chi connectivity index (χ0n) is 9.92. The fourth-order valence-corrected chi connectivity index (χ4v) is 1.78. The number of methoxy groups -OCH3 is 1. The molecule has 0 saturated heterocycles. The molecule has 17 heavy (non-hydrogen) atoms. The van der Waals surface area contributed by atoms with E-state index in [1.807, 2.05) is 43.7 Å². The number of ether oxygens (including phenoxy) is 1. The van der Waals surface area contributed by atoms with E-state index in [4.69, 9.17) is 4.74 Å². The zero-order chi connectivity index (χ0) is 12.1. The van der Waals surface area contributed by atoms with Gasteiger partial charge in [-0.1, -0.05) is 12.1 Å². The van der Waals surface area contributed by atoms with Crippen LogP contribution in [0.5, 0.6) is 5.75 Å². The molecule has 0 aliphatic heterocycles.